The predicted molar refractivity (Wildman–Crippen MR) is 147 cm³/mol. The lowest BCUT2D eigenvalue weighted by Crippen LogP contribution is -2.26. The molecule has 3 rings (SSSR count). The quantitative estimate of drug-likeness (QED) is 0.251. The Morgan fingerprint density at radius 3 is 2.51 bits per heavy atom. The van der Waals surface area contributed by atoms with Crippen molar-refractivity contribution >= 4 is 52.2 Å². The first-order chi connectivity index (χ1) is 17.7. The van der Waals surface area contributed by atoms with Gasteiger partial charge < -0.3 is 25.8 Å². The first kappa shape index (κ1) is 27.4. The van der Waals surface area contributed by atoms with Crippen LogP contribution in [-0.4, -0.2) is 56.0 Å². The molecular formula is C26H29ClFN7O2. The monoisotopic (exact) mass is 525 g/mol. The summed E-state index contributed by atoms with van der Waals surface area (Å²) in [6.07, 6.45) is 3.18. The second-order valence-corrected chi connectivity index (χ2v) is 8.67. The summed E-state index contributed by atoms with van der Waals surface area (Å²) in [5, 5.41) is 9.33. The highest BCUT2D eigenvalue weighted by molar-refractivity contribution is 6.32. The second-order valence-electron chi connectivity index (χ2n) is 8.26. The summed E-state index contributed by atoms with van der Waals surface area (Å²) in [5.41, 5.74) is 2.18. The molecule has 0 aliphatic rings. The van der Waals surface area contributed by atoms with Gasteiger partial charge in [-0.1, -0.05) is 18.2 Å². The molecule has 3 aromatic rings. The minimum absolute atomic E-state index is 0.0814. The van der Waals surface area contributed by atoms with Crippen molar-refractivity contribution in [3.05, 3.63) is 77.7 Å². The van der Waals surface area contributed by atoms with Gasteiger partial charge in [0.05, 0.1) is 11.9 Å². The van der Waals surface area contributed by atoms with Gasteiger partial charge in [0.1, 0.15) is 16.7 Å². The van der Waals surface area contributed by atoms with Crippen molar-refractivity contribution in [2.45, 2.75) is 6.42 Å². The molecule has 1 aromatic heterocycles. The van der Waals surface area contributed by atoms with Crippen LogP contribution in [0.3, 0.4) is 0 Å². The summed E-state index contributed by atoms with van der Waals surface area (Å²) in [4.78, 5) is 35.8. The molecule has 0 saturated heterocycles. The first-order valence-corrected chi connectivity index (χ1v) is 11.9. The van der Waals surface area contributed by atoms with Gasteiger partial charge in [-0.05, 0) is 55.0 Å². The molecule has 0 aliphatic heterocycles. The average molecular weight is 526 g/mol. The Hall–Kier alpha value is -4.18. The normalized spacial score (nSPS) is 10.4. The van der Waals surface area contributed by atoms with Gasteiger partial charge in [-0.2, -0.15) is 4.98 Å². The number of benzene rings is 2. The van der Waals surface area contributed by atoms with Crippen LogP contribution in [0.15, 0.2) is 61.3 Å². The van der Waals surface area contributed by atoms with Crippen LogP contribution in [0.2, 0.25) is 5.02 Å². The molecule has 0 atom stereocenters. The van der Waals surface area contributed by atoms with Crippen LogP contribution in [-0.2, 0) is 4.79 Å². The Labute approximate surface area is 220 Å². The fourth-order valence-corrected chi connectivity index (χ4v) is 3.45. The van der Waals surface area contributed by atoms with E-state index in [9.17, 15) is 14.0 Å². The maximum absolute atomic E-state index is 14.2. The number of anilines is 5. The van der Waals surface area contributed by atoms with Gasteiger partial charge in [-0.15, -0.1) is 0 Å². The van der Waals surface area contributed by atoms with E-state index in [1.165, 1.54) is 31.4 Å². The minimum Gasteiger partial charge on any atom is -0.378 e. The van der Waals surface area contributed by atoms with Crippen molar-refractivity contribution in [2.75, 3.05) is 54.7 Å². The number of aromatic nitrogens is 2. The third-order valence-electron chi connectivity index (χ3n) is 5.39. The van der Waals surface area contributed by atoms with Crippen LogP contribution in [0.25, 0.3) is 0 Å². The number of hydrogen-bond acceptors (Lipinski definition) is 7. The SMILES string of the molecule is C=CC(=O)N(C)c1cc(Nc2ncc(Cl)c(NCCCNC(=O)c3ccc(N(C)C)cc3)n2)ccc1F. The van der Waals surface area contributed by atoms with E-state index in [1.807, 2.05) is 31.1 Å². The molecule has 11 heteroatoms. The molecule has 0 fully saturated rings. The van der Waals surface area contributed by atoms with Crippen molar-refractivity contribution in [1.82, 2.24) is 15.3 Å². The van der Waals surface area contributed by atoms with Gasteiger partial charge in [0.25, 0.3) is 5.91 Å². The van der Waals surface area contributed by atoms with Crippen molar-refractivity contribution < 1.29 is 14.0 Å². The number of amides is 2. The number of nitrogens with zero attached hydrogens (tertiary/aromatic N) is 4. The summed E-state index contributed by atoms with van der Waals surface area (Å²) in [6, 6.07) is 11.6. The van der Waals surface area contributed by atoms with Gasteiger partial charge in [-0.25, -0.2) is 9.37 Å². The fraction of sp³-hybridized carbons (Fsp3) is 0.231. The van der Waals surface area contributed by atoms with E-state index in [1.54, 1.807) is 12.1 Å². The van der Waals surface area contributed by atoms with Crippen LogP contribution >= 0.6 is 11.6 Å². The molecule has 0 radical (unpaired) electrons. The Morgan fingerprint density at radius 2 is 1.84 bits per heavy atom. The number of halogens is 2. The molecule has 3 N–H and O–H groups in total. The molecule has 0 aliphatic carbocycles. The molecule has 1 heterocycles. The van der Waals surface area contributed by atoms with Crippen LogP contribution < -0.4 is 25.8 Å². The van der Waals surface area contributed by atoms with Crippen molar-refractivity contribution in [2.24, 2.45) is 0 Å². The summed E-state index contributed by atoms with van der Waals surface area (Å²) in [7, 11) is 5.34. The molecule has 0 spiro atoms. The number of rotatable bonds is 11. The molecule has 2 aromatic carbocycles. The second kappa shape index (κ2) is 12.7. The lowest BCUT2D eigenvalue weighted by Gasteiger charge is -2.17. The summed E-state index contributed by atoms with van der Waals surface area (Å²) >= 11 is 6.22. The topological polar surface area (TPSA) is 102 Å². The third-order valence-corrected chi connectivity index (χ3v) is 5.67. The molecule has 9 nitrogen and oxygen atoms in total. The van der Waals surface area contributed by atoms with Gasteiger partial charge in [0.2, 0.25) is 11.9 Å². The van der Waals surface area contributed by atoms with Gasteiger partial charge in [0.15, 0.2) is 0 Å². The zero-order valence-corrected chi connectivity index (χ0v) is 21.6. The van der Waals surface area contributed by atoms with Crippen molar-refractivity contribution in [3.8, 4) is 0 Å². The maximum atomic E-state index is 14.2. The largest absolute Gasteiger partial charge is 0.378 e. The number of likely N-dealkylation sites (N-methyl/N-ethyl adjacent to an activating group) is 1. The Morgan fingerprint density at radius 1 is 1.11 bits per heavy atom. The molecule has 37 heavy (non-hydrogen) atoms. The Kier molecular flexibility index (Phi) is 9.39. The lowest BCUT2D eigenvalue weighted by molar-refractivity contribution is -0.113. The number of carbonyl (C=O) groups excluding carboxylic acids is 2. The third kappa shape index (κ3) is 7.40. The zero-order chi connectivity index (χ0) is 26.9. The van der Waals surface area contributed by atoms with Crippen molar-refractivity contribution in [1.29, 1.82) is 0 Å². The van der Waals surface area contributed by atoms with Gasteiger partial charge >= 0.3 is 0 Å². The molecule has 0 bridgehead atoms. The summed E-state index contributed by atoms with van der Waals surface area (Å²) < 4.78 is 14.2. The van der Waals surface area contributed by atoms with E-state index in [4.69, 9.17) is 11.6 Å². The van der Waals surface area contributed by atoms with Crippen LogP contribution in [0, 0.1) is 5.82 Å². The van der Waals surface area contributed by atoms with E-state index in [2.05, 4.69) is 32.5 Å². The number of hydrogen-bond donors (Lipinski definition) is 3. The number of nitrogens with one attached hydrogen (secondary N) is 3. The Bertz CT molecular complexity index is 1270. The first-order valence-electron chi connectivity index (χ1n) is 11.5. The van der Waals surface area contributed by atoms with Gasteiger partial charge in [-0.3, -0.25) is 9.59 Å². The smallest absolute Gasteiger partial charge is 0.251 e. The fourth-order valence-electron chi connectivity index (χ4n) is 3.29. The van der Waals surface area contributed by atoms with E-state index in [0.717, 1.165) is 16.7 Å². The highest BCUT2D eigenvalue weighted by atomic mass is 35.5. The summed E-state index contributed by atoms with van der Waals surface area (Å²) in [5.74, 6) is -0.498. The summed E-state index contributed by atoms with van der Waals surface area (Å²) in [6.45, 7) is 4.39. The van der Waals surface area contributed by atoms with E-state index in [-0.39, 0.29) is 17.5 Å². The molecule has 0 saturated carbocycles. The zero-order valence-electron chi connectivity index (χ0n) is 20.9. The van der Waals surface area contributed by atoms with Gasteiger partial charge in [0, 0.05) is 51.2 Å². The predicted octanol–water partition coefficient (Wildman–Crippen LogP) is 4.46. The van der Waals surface area contributed by atoms with E-state index >= 15 is 0 Å². The number of carbonyl (C=O) groups is 2. The highest BCUT2D eigenvalue weighted by Gasteiger charge is 2.14. The Balaban J connectivity index is 1.54. The molecule has 0 unspecified atom stereocenters. The molecule has 2 amide bonds. The van der Waals surface area contributed by atoms with E-state index < -0.39 is 11.7 Å². The van der Waals surface area contributed by atoms with Crippen LogP contribution in [0.4, 0.5) is 33.2 Å². The lowest BCUT2D eigenvalue weighted by atomic mass is 10.2. The molecular weight excluding hydrogens is 497 g/mol. The van der Waals surface area contributed by atoms with Crippen molar-refractivity contribution in [3.63, 3.8) is 0 Å². The highest BCUT2D eigenvalue weighted by Crippen LogP contribution is 2.26. The standard InChI is InChI=1S/C26H29ClFN7O2/c1-5-23(36)35(4)22-15-18(9-12-21(22)28)32-26-31-16-20(27)24(33-26)29-13-6-14-30-25(37)17-7-10-19(11-8-17)34(2)3/h5,7-12,15-16H,1,6,13-14H2,2-4H3,(H,30,37)(H2,29,31,32,33). The van der Waals surface area contributed by atoms with Crippen LogP contribution in [0.5, 0.6) is 0 Å². The van der Waals surface area contributed by atoms with Crippen LogP contribution in [0.1, 0.15) is 16.8 Å². The molecule has 194 valence electrons. The average Bonchev–Trinajstić information content (AvgIpc) is 2.90. The minimum atomic E-state index is -0.555. The van der Waals surface area contributed by atoms with E-state index in [0.29, 0.717) is 41.6 Å². The maximum Gasteiger partial charge on any atom is 0.251 e.